The lowest BCUT2D eigenvalue weighted by Crippen LogP contribution is -2.10. The molecular formula is C42H27NO. The van der Waals surface area contributed by atoms with Crippen LogP contribution in [-0.2, 0) is 0 Å². The average Bonchev–Trinajstić information content (AvgIpc) is 3.48. The second-order valence-corrected chi connectivity index (χ2v) is 11.4. The summed E-state index contributed by atoms with van der Waals surface area (Å²) >= 11 is 0. The third-order valence-electron chi connectivity index (χ3n) is 8.82. The summed E-state index contributed by atoms with van der Waals surface area (Å²) in [4.78, 5) is 2.37. The zero-order chi connectivity index (χ0) is 29.0. The number of hydrogen-bond acceptors (Lipinski definition) is 2. The molecule has 8 aromatic carbocycles. The smallest absolute Gasteiger partial charge is 0.143 e. The Morgan fingerprint density at radius 1 is 0.364 bits per heavy atom. The molecular weight excluding hydrogens is 534 g/mol. The van der Waals surface area contributed by atoms with Crippen molar-refractivity contribution in [3.8, 4) is 11.1 Å². The third kappa shape index (κ3) is 3.96. The zero-order valence-electron chi connectivity index (χ0n) is 23.9. The van der Waals surface area contributed by atoms with Crippen LogP contribution in [0.4, 0.5) is 17.1 Å². The minimum atomic E-state index is 0.919. The number of nitrogens with zero attached hydrogens (tertiary/aromatic N) is 1. The molecule has 0 saturated carbocycles. The van der Waals surface area contributed by atoms with Gasteiger partial charge in [-0.3, -0.25) is 0 Å². The molecule has 0 aliphatic carbocycles. The van der Waals surface area contributed by atoms with E-state index in [1.165, 1.54) is 32.7 Å². The molecule has 0 fully saturated rings. The van der Waals surface area contributed by atoms with E-state index in [0.29, 0.717) is 0 Å². The highest BCUT2D eigenvalue weighted by atomic mass is 16.3. The van der Waals surface area contributed by atoms with Gasteiger partial charge in [-0.05, 0) is 87.3 Å². The number of hydrogen-bond donors (Lipinski definition) is 0. The molecule has 44 heavy (non-hydrogen) atoms. The van der Waals surface area contributed by atoms with Gasteiger partial charge in [-0.1, -0.05) is 109 Å². The van der Waals surface area contributed by atoms with Crippen molar-refractivity contribution >= 4 is 71.3 Å². The molecule has 1 heterocycles. The van der Waals surface area contributed by atoms with Crippen molar-refractivity contribution in [2.24, 2.45) is 0 Å². The highest BCUT2D eigenvalue weighted by Crippen LogP contribution is 2.42. The molecule has 0 saturated heterocycles. The number of furan rings is 1. The number of benzene rings is 8. The van der Waals surface area contributed by atoms with Gasteiger partial charge in [-0.15, -0.1) is 0 Å². The molecule has 0 unspecified atom stereocenters. The van der Waals surface area contributed by atoms with Crippen molar-refractivity contribution in [1.29, 1.82) is 0 Å². The van der Waals surface area contributed by atoms with Crippen molar-refractivity contribution in [2.75, 3.05) is 4.90 Å². The summed E-state index contributed by atoms with van der Waals surface area (Å²) in [5.41, 5.74) is 7.62. The molecule has 0 bridgehead atoms. The van der Waals surface area contributed by atoms with Gasteiger partial charge in [-0.25, -0.2) is 0 Å². The summed E-state index contributed by atoms with van der Waals surface area (Å²) < 4.78 is 6.36. The number of anilines is 3. The van der Waals surface area contributed by atoms with Gasteiger partial charge in [0.1, 0.15) is 11.2 Å². The summed E-state index contributed by atoms with van der Waals surface area (Å²) in [5, 5.41) is 9.49. The van der Waals surface area contributed by atoms with E-state index in [1.807, 2.05) is 12.1 Å². The van der Waals surface area contributed by atoms with Crippen LogP contribution in [0, 0.1) is 0 Å². The van der Waals surface area contributed by atoms with E-state index in [-0.39, 0.29) is 0 Å². The largest absolute Gasteiger partial charge is 0.455 e. The number of rotatable bonds is 4. The first-order valence-corrected chi connectivity index (χ1v) is 15.0. The first-order chi connectivity index (χ1) is 21.8. The van der Waals surface area contributed by atoms with E-state index in [9.17, 15) is 0 Å². The van der Waals surface area contributed by atoms with E-state index in [2.05, 4.69) is 157 Å². The molecule has 0 aliphatic heterocycles. The Bertz CT molecular complexity index is 2500. The van der Waals surface area contributed by atoms with Crippen LogP contribution in [0.5, 0.6) is 0 Å². The first-order valence-electron chi connectivity index (χ1n) is 15.0. The summed E-state index contributed by atoms with van der Waals surface area (Å²) in [6, 6.07) is 58.7. The Morgan fingerprint density at radius 2 is 1.02 bits per heavy atom. The number of para-hydroxylation sites is 1. The Labute approximate surface area is 255 Å². The molecule has 2 heteroatoms. The van der Waals surface area contributed by atoms with Crippen LogP contribution in [0.2, 0.25) is 0 Å². The molecule has 9 rings (SSSR count). The maximum Gasteiger partial charge on any atom is 0.143 e. The molecule has 0 atom stereocenters. The quantitative estimate of drug-likeness (QED) is 0.212. The predicted molar refractivity (Wildman–Crippen MR) is 186 cm³/mol. The van der Waals surface area contributed by atoms with Gasteiger partial charge in [0.05, 0.1) is 5.69 Å². The summed E-state index contributed by atoms with van der Waals surface area (Å²) in [6.45, 7) is 0. The lowest BCUT2D eigenvalue weighted by Gasteiger charge is -2.27. The van der Waals surface area contributed by atoms with E-state index >= 15 is 0 Å². The van der Waals surface area contributed by atoms with Crippen molar-refractivity contribution in [1.82, 2.24) is 0 Å². The maximum absolute atomic E-state index is 6.36. The fourth-order valence-corrected chi connectivity index (χ4v) is 6.64. The van der Waals surface area contributed by atoms with Crippen molar-refractivity contribution in [2.45, 2.75) is 0 Å². The second-order valence-electron chi connectivity index (χ2n) is 11.4. The molecule has 0 radical (unpaired) electrons. The molecule has 0 amide bonds. The van der Waals surface area contributed by atoms with Crippen LogP contribution in [0.1, 0.15) is 0 Å². The van der Waals surface area contributed by atoms with Gasteiger partial charge in [0.2, 0.25) is 0 Å². The molecule has 0 spiro atoms. The fourth-order valence-electron chi connectivity index (χ4n) is 6.64. The molecule has 9 aromatic rings. The minimum absolute atomic E-state index is 0.919. The maximum atomic E-state index is 6.36. The van der Waals surface area contributed by atoms with Crippen molar-refractivity contribution in [3.63, 3.8) is 0 Å². The van der Waals surface area contributed by atoms with Gasteiger partial charge in [0.25, 0.3) is 0 Å². The Morgan fingerprint density at radius 3 is 1.91 bits per heavy atom. The van der Waals surface area contributed by atoms with E-state index in [4.69, 9.17) is 4.42 Å². The van der Waals surface area contributed by atoms with Crippen molar-refractivity contribution in [3.05, 3.63) is 164 Å². The standard InChI is InChI=1S/C42H27NO/c1-2-10-31-26-32(17-16-28(31)8-1)29-18-21-34(22-19-29)43(40-14-7-11-30-9-3-4-12-36(30)40)35-23-25-37-33(27-35)20-24-39-38-13-5-6-15-41(38)44-42(37)39/h1-27H. The van der Waals surface area contributed by atoms with E-state index in [1.54, 1.807) is 0 Å². The predicted octanol–water partition coefficient (Wildman–Crippen LogP) is 12.2. The summed E-state index contributed by atoms with van der Waals surface area (Å²) in [6.07, 6.45) is 0. The Hall–Kier alpha value is -5.86. The van der Waals surface area contributed by atoms with Gasteiger partial charge in [0.15, 0.2) is 0 Å². The van der Waals surface area contributed by atoms with E-state index in [0.717, 1.165) is 49.8 Å². The lowest BCUT2D eigenvalue weighted by molar-refractivity contribution is 0.672. The van der Waals surface area contributed by atoms with Gasteiger partial charge < -0.3 is 9.32 Å². The third-order valence-corrected chi connectivity index (χ3v) is 8.82. The highest BCUT2D eigenvalue weighted by molar-refractivity contribution is 6.15. The SMILES string of the molecule is c1ccc2cc(-c3ccc(N(c4ccc5c(ccc6c7ccccc7oc56)c4)c4cccc5ccccc45)cc3)ccc2c1. The normalized spacial score (nSPS) is 11.6. The summed E-state index contributed by atoms with van der Waals surface area (Å²) in [7, 11) is 0. The topological polar surface area (TPSA) is 16.4 Å². The van der Waals surface area contributed by atoms with Crippen LogP contribution < -0.4 is 4.90 Å². The Kier molecular flexibility index (Phi) is 5.54. The monoisotopic (exact) mass is 561 g/mol. The van der Waals surface area contributed by atoms with Crippen molar-refractivity contribution < 1.29 is 4.42 Å². The molecule has 0 N–H and O–H groups in total. The Balaban J connectivity index is 1.21. The fraction of sp³-hybridized carbons (Fsp3) is 0. The highest BCUT2D eigenvalue weighted by Gasteiger charge is 2.17. The first kappa shape index (κ1) is 24.7. The van der Waals surface area contributed by atoms with Crippen LogP contribution in [0.15, 0.2) is 168 Å². The molecule has 1 aromatic heterocycles. The van der Waals surface area contributed by atoms with Crippen LogP contribution >= 0.6 is 0 Å². The van der Waals surface area contributed by atoms with Gasteiger partial charge in [0, 0.05) is 32.9 Å². The zero-order valence-corrected chi connectivity index (χ0v) is 23.9. The van der Waals surface area contributed by atoms with E-state index < -0.39 is 0 Å². The van der Waals surface area contributed by atoms with Crippen LogP contribution in [0.3, 0.4) is 0 Å². The van der Waals surface area contributed by atoms with Crippen LogP contribution in [0.25, 0.3) is 65.4 Å². The molecule has 0 aliphatic rings. The van der Waals surface area contributed by atoms with Gasteiger partial charge in [-0.2, -0.15) is 0 Å². The lowest BCUT2D eigenvalue weighted by atomic mass is 10.00. The summed E-state index contributed by atoms with van der Waals surface area (Å²) in [5.74, 6) is 0. The molecule has 206 valence electrons. The second kappa shape index (κ2) is 9.86. The van der Waals surface area contributed by atoms with Gasteiger partial charge >= 0.3 is 0 Å². The van der Waals surface area contributed by atoms with Crippen LogP contribution in [-0.4, -0.2) is 0 Å². The minimum Gasteiger partial charge on any atom is -0.455 e. The number of fused-ring (bicyclic) bond motifs is 7. The molecule has 2 nitrogen and oxygen atoms in total. The average molecular weight is 562 g/mol.